The van der Waals surface area contributed by atoms with Crippen molar-refractivity contribution in [2.24, 2.45) is 5.73 Å². The predicted molar refractivity (Wildman–Crippen MR) is 81.9 cm³/mol. The van der Waals surface area contributed by atoms with Crippen molar-refractivity contribution in [1.29, 1.82) is 0 Å². The highest BCUT2D eigenvalue weighted by molar-refractivity contribution is 5.51. The molecule has 0 saturated carbocycles. The van der Waals surface area contributed by atoms with Crippen LogP contribution in [0.15, 0.2) is 71.7 Å². The van der Waals surface area contributed by atoms with Crippen molar-refractivity contribution in [1.82, 2.24) is 5.32 Å². The van der Waals surface area contributed by atoms with Crippen LogP contribution in [0.1, 0.15) is 20.8 Å². The Bertz CT molecular complexity index is 432. The quantitative estimate of drug-likeness (QED) is 0.701. The van der Waals surface area contributed by atoms with Crippen LogP contribution in [0, 0.1) is 0 Å². The molecule has 0 aliphatic carbocycles. The van der Waals surface area contributed by atoms with Crippen molar-refractivity contribution in [3.05, 3.63) is 71.7 Å². The zero-order valence-electron chi connectivity index (χ0n) is 11.9. The van der Waals surface area contributed by atoms with Gasteiger partial charge < -0.3 is 11.1 Å². The van der Waals surface area contributed by atoms with E-state index < -0.39 is 0 Å². The summed E-state index contributed by atoms with van der Waals surface area (Å²) in [5.74, 6) is 0. The molecule has 0 atom stereocenters. The van der Waals surface area contributed by atoms with Gasteiger partial charge in [-0.05, 0) is 49.6 Å². The summed E-state index contributed by atoms with van der Waals surface area (Å²) in [4.78, 5) is 0. The Kier molecular flexibility index (Phi) is 7.29. The van der Waals surface area contributed by atoms with Gasteiger partial charge in [0.2, 0.25) is 0 Å². The lowest BCUT2D eigenvalue weighted by molar-refractivity contribution is 0.987. The Morgan fingerprint density at radius 3 is 2.11 bits per heavy atom. The minimum Gasteiger partial charge on any atom is -0.399 e. The third kappa shape index (κ3) is 4.91. The van der Waals surface area contributed by atoms with Crippen LogP contribution in [0.4, 0.5) is 0 Å². The standard InChI is InChI=1S/C16H24N2/c1-7-12(4)15(10-13(5)18-6)11-14(8-2)16(17)9-3/h7-11,18H,1,4,17H2,2-3,5-6H3/b13-10+,14-8+,15-11-,16-9-. The van der Waals surface area contributed by atoms with Gasteiger partial charge in [0.15, 0.2) is 0 Å². The lowest BCUT2D eigenvalue weighted by atomic mass is 10.0. The van der Waals surface area contributed by atoms with E-state index in [2.05, 4.69) is 18.5 Å². The van der Waals surface area contributed by atoms with Crippen LogP contribution in [-0.4, -0.2) is 7.05 Å². The van der Waals surface area contributed by atoms with Crippen LogP contribution < -0.4 is 11.1 Å². The molecular formula is C16H24N2. The summed E-state index contributed by atoms with van der Waals surface area (Å²) >= 11 is 0. The monoisotopic (exact) mass is 244 g/mol. The SMILES string of the molecule is C=CC(=C)C(=C\C(=C/C)C(\N)=C\C)/C=C(\C)NC. The number of rotatable bonds is 6. The average molecular weight is 244 g/mol. The van der Waals surface area contributed by atoms with Crippen LogP contribution in [0.25, 0.3) is 0 Å². The maximum atomic E-state index is 5.94. The molecule has 0 heterocycles. The second-order valence-corrected chi connectivity index (χ2v) is 3.89. The first-order chi connectivity index (χ1) is 8.49. The second-order valence-electron chi connectivity index (χ2n) is 3.89. The van der Waals surface area contributed by atoms with Gasteiger partial charge in [0.25, 0.3) is 0 Å². The Labute approximate surface area is 111 Å². The number of allylic oxidation sites excluding steroid dienone is 8. The molecule has 2 nitrogen and oxygen atoms in total. The highest BCUT2D eigenvalue weighted by Crippen LogP contribution is 2.17. The molecule has 0 saturated heterocycles. The van der Waals surface area contributed by atoms with E-state index in [-0.39, 0.29) is 0 Å². The molecule has 0 rings (SSSR count). The Hall–Kier alpha value is -1.96. The second kappa shape index (κ2) is 8.18. The van der Waals surface area contributed by atoms with Gasteiger partial charge in [-0.2, -0.15) is 0 Å². The molecule has 0 unspecified atom stereocenters. The highest BCUT2D eigenvalue weighted by Gasteiger charge is 2.01. The summed E-state index contributed by atoms with van der Waals surface area (Å²) in [5.41, 5.74) is 10.6. The van der Waals surface area contributed by atoms with Crippen LogP contribution in [0.5, 0.6) is 0 Å². The number of hydrogen-bond donors (Lipinski definition) is 2. The summed E-state index contributed by atoms with van der Waals surface area (Å²) in [6.45, 7) is 13.6. The van der Waals surface area contributed by atoms with Gasteiger partial charge in [-0.3, -0.25) is 0 Å². The molecule has 3 N–H and O–H groups in total. The number of nitrogens with one attached hydrogen (secondary N) is 1. The molecule has 0 radical (unpaired) electrons. The van der Waals surface area contributed by atoms with Gasteiger partial charge in [-0.1, -0.05) is 31.4 Å². The van der Waals surface area contributed by atoms with E-state index in [1.165, 1.54) is 0 Å². The minimum atomic E-state index is 0.752. The van der Waals surface area contributed by atoms with Gasteiger partial charge in [0, 0.05) is 18.4 Å². The van der Waals surface area contributed by atoms with Crippen molar-refractivity contribution in [3.8, 4) is 0 Å². The van der Waals surface area contributed by atoms with Gasteiger partial charge in [-0.25, -0.2) is 0 Å². The van der Waals surface area contributed by atoms with E-state index in [9.17, 15) is 0 Å². The molecule has 98 valence electrons. The molecule has 18 heavy (non-hydrogen) atoms. The summed E-state index contributed by atoms with van der Waals surface area (Å²) in [6, 6.07) is 0. The summed E-state index contributed by atoms with van der Waals surface area (Å²) in [6.07, 6.45) is 9.64. The highest BCUT2D eigenvalue weighted by atomic mass is 14.8. The van der Waals surface area contributed by atoms with Gasteiger partial charge >= 0.3 is 0 Å². The Balaban J connectivity index is 5.58. The zero-order valence-corrected chi connectivity index (χ0v) is 11.9. The number of hydrogen-bond acceptors (Lipinski definition) is 2. The van der Waals surface area contributed by atoms with Crippen LogP contribution in [0.3, 0.4) is 0 Å². The molecule has 0 aliphatic heterocycles. The fourth-order valence-corrected chi connectivity index (χ4v) is 1.32. The topological polar surface area (TPSA) is 38.0 Å². The molecule has 0 amide bonds. The molecule has 2 heteroatoms. The molecule has 0 aliphatic rings. The van der Waals surface area contributed by atoms with E-state index >= 15 is 0 Å². The molecule has 0 fully saturated rings. The van der Waals surface area contributed by atoms with E-state index in [4.69, 9.17) is 5.73 Å². The van der Waals surface area contributed by atoms with Gasteiger partial charge in [0.1, 0.15) is 0 Å². The van der Waals surface area contributed by atoms with Crippen LogP contribution in [0.2, 0.25) is 0 Å². The third-order valence-electron chi connectivity index (χ3n) is 2.65. The fourth-order valence-electron chi connectivity index (χ4n) is 1.32. The van der Waals surface area contributed by atoms with Crippen molar-refractivity contribution in [2.75, 3.05) is 7.05 Å². The van der Waals surface area contributed by atoms with Crippen molar-refractivity contribution in [2.45, 2.75) is 20.8 Å². The maximum Gasteiger partial charge on any atom is 0.0341 e. The molecule has 0 spiro atoms. The zero-order chi connectivity index (χ0) is 14.1. The first kappa shape index (κ1) is 16.0. The van der Waals surface area contributed by atoms with Gasteiger partial charge in [-0.15, -0.1) is 0 Å². The molecule has 0 aromatic carbocycles. The first-order valence-electron chi connectivity index (χ1n) is 5.98. The van der Waals surface area contributed by atoms with Crippen molar-refractivity contribution >= 4 is 0 Å². The minimum absolute atomic E-state index is 0.752. The lowest BCUT2D eigenvalue weighted by Crippen LogP contribution is -2.03. The van der Waals surface area contributed by atoms with Crippen molar-refractivity contribution in [3.63, 3.8) is 0 Å². The Morgan fingerprint density at radius 1 is 1.11 bits per heavy atom. The van der Waals surface area contributed by atoms with Crippen molar-refractivity contribution < 1.29 is 0 Å². The molecule has 0 aromatic heterocycles. The van der Waals surface area contributed by atoms with E-state index in [1.54, 1.807) is 6.08 Å². The molecule has 0 bridgehead atoms. The van der Waals surface area contributed by atoms with E-state index in [0.717, 1.165) is 28.1 Å². The first-order valence-corrected chi connectivity index (χ1v) is 5.98. The van der Waals surface area contributed by atoms with Crippen LogP contribution in [-0.2, 0) is 0 Å². The lowest BCUT2D eigenvalue weighted by Gasteiger charge is -2.08. The van der Waals surface area contributed by atoms with Crippen LogP contribution >= 0.6 is 0 Å². The van der Waals surface area contributed by atoms with Gasteiger partial charge in [0.05, 0.1) is 0 Å². The predicted octanol–water partition coefficient (Wildman–Crippen LogP) is 3.59. The van der Waals surface area contributed by atoms with E-state index in [1.807, 2.05) is 52.1 Å². The third-order valence-corrected chi connectivity index (χ3v) is 2.65. The normalized spacial score (nSPS) is 14.4. The summed E-state index contributed by atoms with van der Waals surface area (Å²) < 4.78 is 0. The summed E-state index contributed by atoms with van der Waals surface area (Å²) in [7, 11) is 1.89. The molecule has 0 aromatic rings. The van der Waals surface area contributed by atoms with E-state index in [0.29, 0.717) is 0 Å². The fraction of sp³-hybridized carbons (Fsp3) is 0.250. The molecular weight excluding hydrogens is 220 g/mol. The number of nitrogens with two attached hydrogens (primary N) is 1. The smallest absolute Gasteiger partial charge is 0.0341 e. The largest absolute Gasteiger partial charge is 0.399 e. The summed E-state index contributed by atoms with van der Waals surface area (Å²) in [5, 5.41) is 3.09. The average Bonchev–Trinajstić information content (AvgIpc) is 2.41. The maximum absolute atomic E-state index is 5.94. The Morgan fingerprint density at radius 2 is 1.72 bits per heavy atom.